The Labute approximate surface area is 124 Å². The van der Waals surface area contributed by atoms with E-state index < -0.39 is 0 Å². The topological polar surface area (TPSA) is 15.3 Å². The number of piperidine rings is 1. The lowest BCUT2D eigenvalue weighted by Gasteiger charge is -2.34. The van der Waals surface area contributed by atoms with Crippen molar-refractivity contribution in [3.63, 3.8) is 0 Å². The molecule has 112 valence electrons. The van der Waals surface area contributed by atoms with E-state index in [4.69, 9.17) is 0 Å². The predicted octanol–water partition coefficient (Wildman–Crippen LogP) is 3.60. The van der Waals surface area contributed by atoms with Crippen LogP contribution >= 0.6 is 0 Å². The van der Waals surface area contributed by atoms with Gasteiger partial charge in [0, 0.05) is 18.6 Å². The number of hydrogen-bond acceptors (Lipinski definition) is 2. The van der Waals surface area contributed by atoms with Crippen LogP contribution in [0.25, 0.3) is 0 Å². The summed E-state index contributed by atoms with van der Waals surface area (Å²) < 4.78 is 0. The normalized spacial score (nSPS) is 21.1. The molecule has 0 saturated carbocycles. The van der Waals surface area contributed by atoms with Gasteiger partial charge in [-0.2, -0.15) is 0 Å². The maximum absolute atomic E-state index is 3.66. The van der Waals surface area contributed by atoms with E-state index >= 15 is 0 Å². The number of nitrogens with zero attached hydrogens (tertiary/aromatic N) is 1. The van der Waals surface area contributed by atoms with Crippen LogP contribution in [-0.2, 0) is 6.54 Å². The molecule has 0 spiro atoms. The minimum Gasteiger partial charge on any atom is -0.312 e. The van der Waals surface area contributed by atoms with Crippen molar-refractivity contribution < 1.29 is 0 Å². The lowest BCUT2D eigenvalue weighted by molar-refractivity contribution is 0.159. The van der Waals surface area contributed by atoms with Gasteiger partial charge in [0.05, 0.1) is 0 Å². The second kappa shape index (κ2) is 6.73. The number of rotatable bonds is 4. The van der Waals surface area contributed by atoms with Gasteiger partial charge in [0.1, 0.15) is 0 Å². The lowest BCUT2D eigenvalue weighted by Crippen LogP contribution is -2.44. The van der Waals surface area contributed by atoms with Gasteiger partial charge in [-0.05, 0) is 70.7 Å². The molecular formula is C18H30N2. The summed E-state index contributed by atoms with van der Waals surface area (Å²) in [7, 11) is 0. The molecular weight excluding hydrogens is 244 g/mol. The molecule has 1 saturated heterocycles. The van der Waals surface area contributed by atoms with Crippen LogP contribution in [0, 0.1) is 12.8 Å². The maximum atomic E-state index is 3.66. The first kappa shape index (κ1) is 15.5. The van der Waals surface area contributed by atoms with Crippen LogP contribution in [0.2, 0.25) is 0 Å². The molecule has 1 aromatic rings. The highest BCUT2D eigenvalue weighted by molar-refractivity contribution is 5.25. The molecule has 0 radical (unpaired) electrons. The summed E-state index contributed by atoms with van der Waals surface area (Å²) in [6.07, 6.45) is 2.70. The minimum atomic E-state index is 0.234. The maximum Gasteiger partial charge on any atom is 0.0236 e. The van der Waals surface area contributed by atoms with Crippen LogP contribution in [0.3, 0.4) is 0 Å². The number of nitrogens with one attached hydrogen (secondary N) is 1. The van der Waals surface area contributed by atoms with Crippen molar-refractivity contribution in [1.82, 2.24) is 10.2 Å². The van der Waals surface area contributed by atoms with Crippen molar-refractivity contribution in [2.45, 2.75) is 52.6 Å². The van der Waals surface area contributed by atoms with Crippen LogP contribution in [0.1, 0.15) is 44.7 Å². The summed E-state index contributed by atoms with van der Waals surface area (Å²) in [5.41, 5.74) is 3.14. The summed E-state index contributed by atoms with van der Waals surface area (Å²) in [6, 6.07) is 8.78. The van der Waals surface area contributed by atoms with Crippen LogP contribution in [0.15, 0.2) is 24.3 Å². The molecule has 1 N–H and O–H groups in total. The van der Waals surface area contributed by atoms with Crippen LogP contribution in [-0.4, -0.2) is 30.1 Å². The summed E-state index contributed by atoms with van der Waals surface area (Å²) in [5, 5.41) is 3.66. The summed E-state index contributed by atoms with van der Waals surface area (Å²) in [5.74, 6) is 0.798. The van der Waals surface area contributed by atoms with Crippen molar-refractivity contribution >= 4 is 0 Å². The number of hydrogen-bond donors (Lipinski definition) is 1. The third-order valence-electron chi connectivity index (χ3n) is 4.18. The van der Waals surface area contributed by atoms with Gasteiger partial charge in [-0.25, -0.2) is 0 Å². The van der Waals surface area contributed by atoms with Crippen molar-refractivity contribution in [1.29, 1.82) is 0 Å². The van der Waals surface area contributed by atoms with Gasteiger partial charge in [-0.1, -0.05) is 24.3 Å². The molecule has 1 unspecified atom stereocenters. The van der Waals surface area contributed by atoms with E-state index in [2.05, 4.69) is 62.2 Å². The Kier molecular flexibility index (Phi) is 5.22. The van der Waals surface area contributed by atoms with Gasteiger partial charge in [0.15, 0.2) is 0 Å². The fourth-order valence-electron chi connectivity index (χ4n) is 2.94. The Morgan fingerprint density at radius 2 is 2.00 bits per heavy atom. The smallest absolute Gasteiger partial charge is 0.0236 e. The summed E-state index contributed by atoms with van der Waals surface area (Å²) in [4.78, 5) is 2.63. The summed E-state index contributed by atoms with van der Waals surface area (Å²) >= 11 is 0. The molecule has 20 heavy (non-hydrogen) atoms. The molecule has 2 nitrogen and oxygen atoms in total. The zero-order valence-electron chi connectivity index (χ0n) is 13.6. The minimum absolute atomic E-state index is 0.234. The molecule has 0 aliphatic carbocycles. The quantitative estimate of drug-likeness (QED) is 0.902. The monoisotopic (exact) mass is 274 g/mol. The highest BCUT2D eigenvalue weighted by Gasteiger charge is 2.21. The Morgan fingerprint density at radius 3 is 2.70 bits per heavy atom. The molecule has 0 aromatic heterocycles. The molecule has 1 heterocycles. The van der Waals surface area contributed by atoms with Crippen molar-refractivity contribution in [3.8, 4) is 0 Å². The first-order valence-corrected chi connectivity index (χ1v) is 7.96. The average Bonchev–Trinajstić information content (AvgIpc) is 2.39. The molecule has 0 bridgehead atoms. The standard InChI is InChI=1S/C18H30N2/c1-15-8-5-6-10-17(15)14-20-11-7-9-16(13-20)12-19-18(2,3)4/h5-6,8,10,16,19H,7,9,11-14H2,1-4H3. The van der Waals surface area contributed by atoms with Gasteiger partial charge in [0.25, 0.3) is 0 Å². The zero-order valence-corrected chi connectivity index (χ0v) is 13.6. The van der Waals surface area contributed by atoms with Gasteiger partial charge >= 0.3 is 0 Å². The fraction of sp³-hybridized carbons (Fsp3) is 0.667. The predicted molar refractivity (Wildman–Crippen MR) is 86.9 cm³/mol. The SMILES string of the molecule is Cc1ccccc1CN1CCCC(CNC(C)(C)C)C1. The Morgan fingerprint density at radius 1 is 1.25 bits per heavy atom. The van der Waals surface area contributed by atoms with Crippen LogP contribution in [0.4, 0.5) is 0 Å². The van der Waals surface area contributed by atoms with Gasteiger partial charge in [0.2, 0.25) is 0 Å². The van der Waals surface area contributed by atoms with E-state index in [9.17, 15) is 0 Å². The Bertz CT molecular complexity index is 420. The van der Waals surface area contributed by atoms with E-state index in [0.29, 0.717) is 0 Å². The van der Waals surface area contributed by atoms with Gasteiger partial charge in [-0.3, -0.25) is 4.90 Å². The molecule has 0 amide bonds. The van der Waals surface area contributed by atoms with E-state index in [-0.39, 0.29) is 5.54 Å². The second-order valence-electron chi connectivity index (χ2n) is 7.30. The van der Waals surface area contributed by atoms with E-state index in [1.54, 1.807) is 0 Å². The van der Waals surface area contributed by atoms with Gasteiger partial charge in [-0.15, -0.1) is 0 Å². The molecule has 1 aromatic carbocycles. The Balaban J connectivity index is 1.86. The highest BCUT2D eigenvalue weighted by atomic mass is 15.1. The third-order valence-corrected chi connectivity index (χ3v) is 4.18. The average molecular weight is 274 g/mol. The second-order valence-corrected chi connectivity index (χ2v) is 7.30. The van der Waals surface area contributed by atoms with E-state index in [0.717, 1.165) is 19.0 Å². The highest BCUT2D eigenvalue weighted by Crippen LogP contribution is 2.20. The number of aryl methyl sites for hydroxylation is 1. The van der Waals surface area contributed by atoms with Gasteiger partial charge < -0.3 is 5.32 Å². The molecule has 2 rings (SSSR count). The first-order chi connectivity index (χ1) is 9.44. The van der Waals surface area contributed by atoms with Crippen LogP contribution < -0.4 is 5.32 Å². The molecule has 1 aliphatic rings. The number of benzene rings is 1. The fourth-order valence-corrected chi connectivity index (χ4v) is 2.94. The Hall–Kier alpha value is -0.860. The van der Waals surface area contributed by atoms with Crippen molar-refractivity contribution in [3.05, 3.63) is 35.4 Å². The molecule has 2 heteroatoms. The molecule has 1 aliphatic heterocycles. The molecule has 1 fully saturated rings. The molecule has 1 atom stereocenters. The van der Waals surface area contributed by atoms with Crippen molar-refractivity contribution in [2.75, 3.05) is 19.6 Å². The largest absolute Gasteiger partial charge is 0.312 e. The van der Waals surface area contributed by atoms with Crippen molar-refractivity contribution in [2.24, 2.45) is 5.92 Å². The van der Waals surface area contributed by atoms with E-state index in [1.165, 1.54) is 37.1 Å². The number of likely N-dealkylation sites (tertiary alicyclic amines) is 1. The summed E-state index contributed by atoms with van der Waals surface area (Å²) in [6.45, 7) is 13.7. The van der Waals surface area contributed by atoms with E-state index in [1.807, 2.05) is 0 Å². The lowest BCUT2D eigenvalue weighted by atomic mass is 9.96. The first-order valence-electron chi connectivity index (χ1n) is 7.96. The zero-order chi connectivity index (χ0) is 14.6. The third kappa shape index (κ3) is 4.92. The van der Waals surface area contributed by atoms with Crippen LogP contribution in [0.5, 0.6) is 0 Å².